The zero-order chi connectivity index (χ0) is 7.56. The van der Waals surface area contributed by atoms with Crippen LogP contribution in [0.5, 0.6) is 0 Å². The first-order valence-corrected chi connectivity index (χ1v) is 4.37. The molecule has 0 aliphatic carbocycles. The first kappa shape index (κ1) is 8.40. The smallest absolute Gasteiger partial charge is 0.117 e. The number of rotatable bonds is 2. The fraction of sp³-hybridized carbons (Fsp3) is 0.667. The highest BCUT2D eigenvalue weighted by Gasteiger charge is 2.22. The summed E-state index contributed by atoms with van der Waals surface area (Å²) in [5.74, 6) is 0. The van der Waals surface area contributed by atoms with Gasteiger partial charge < -0.3 is 5.11 Å². The van der Waals surface area contributed by atoms with E-state index in [2.05, 4.69) is 5.32 Å². The Hall–Kier alpha value is 0.300. The van der Waals surface area contributed by atoms with Crippen molar-refractivity contribution in [2.75, 3.05) is 7.05 Å². The predicted molar refractivity (Wildman–Crippen MR) is 45.0 cm³/mol. The third kappa shape index (κ3) is 1.89. The summed E-state index contributed by atoms with van der Waals surface area (Å²) < 4.78 is 0.791. The van der Waals surface area contributed by atoms with Crippen LogP contribution in [0.15, 0.2) is 10.4 Å². The van der Waals surface area contributed by atoms with Crippen molar-refractivity contribution in [1.29, 1.82) is 0 Å². The minimum Gasteiger partial charge on any atom is -0.377 e. The standard InChI is InChI=1S/C6H10ClNOS/c1-8-6(9)4-2-3-5(7)10-4/h3-4,6,8-9H,2H2,1H3. The van der Waals surface area contributed by atoms with E-state index in [1.54, 1.807) is 7.05 Å². The molecule has 0 amide bonds. The lowest BCUT2D eigenvalue weighted by Crippen LogP contribution is -2.33. The Morgan fingerprint density at radius 3 is 3.10 bits per heavy atom. The van der Waals surface area contributed by atoms with Gasteiger partial charge in [0.25, 0.3) is 0 Å². The summed E-state index contributed by atoms with van der Waals surface area (Å²) in [7, 11) is 1.73. The summed E-state index contributed by atoms with van der Waals surface area (Å²) in [6.45, 7) is 0. The van der Waals surface area contributed by atoms with E-state index in [0.29, 0.717) is 0 Å². The van der Waals surface area contributed by atoms with Gasteiger partial charge in [-0.2, -0.15) is 0 Å². The third-order valence-corrected chi connectivity index (χ3v) is 2.99. The summed E-state index contributed by atoms with van der Waals surface area (Å²) in [6, 6.07) is 0. The number of aliphatic hydroxyl groups is 1. The topological polar surface area (TPSA) is 32.3 Å². The number of halogens is 1. The molecule has 1 heterocycles. The summed E-state index contributed by atoms with van der Waals surface area (Å²) in [4.78, 5) is 0. The number of hydrogen-bond donors (Lipinski definition) is 2. The highest BCUT2D eigenvalue weighted by Crippen LogP contribution is 2.35. The van der Waals surface area contributed by atoms with Crippen LogP contribution >= 0.6 is 23.4 Å². The maximum absolute atomic E-state index is 9.25. The summed E-state index contributed by atoms with van der Waals surface area (Å²) >= 11 is 7.21. The largest absolute Gasteiger partial charge is 0.377 e. The van der Waals surface area contributed by atoms with Gasteiger partial charge in [0.15, 0.2) is 0 Å². The lowest BCUT2D eigenvalue weighted by molar-refractivity contribution is 0.145. The molecule has 0 spiro atoms. The predicted octanol–water partition coefficient (Wildman–Crippen LogP) is 1.11. The molecule has 0 bridgehead atoms. The van der Waals surface area contributed by atoms with Crippen LogP contribution in [0.4, 0.5) is 0 Å². The van der Waals surface area contributed by atoms with E-state index < -0.39 is 6.23 Å². The van der Waals surface area contributed by atoms with Gasteiger partial charge in [-0.3, -0.25) is 5.32 Å². The van der Waals surface area contributed by atoms with Crippen LogP contribution in [-0.4, -0.2) is 23.6 Å². The van der Waals surface area contributed by atoms with Gasteiger partial charge in [0.2, 0.25) is 0 Å². The fourth-order valence-electron chi connectivity index (χ4n) is 0.829. The molecule has 0 aromatic heterocycles. The van der Waals surface area contributed by atoms with Crippen molar-refractivity contribution in [2.24, 2.45) is 0 Å². The number of hydrogen-bond acceptors (Lipinski definition) is 3. The van der Waals surface area contributed by atoms with Gasteiger partial charge in [-0.25, -0.2) is 0 Å². The monoisotopic (exact) mass is 179 g/mol. The van der Waals surface area contributed by atoms with Gasteiger partial charge in [-0.15, -0.1) is 11.8 Å². The molecule has 1 rings (SSSR count). The van der Waals surface area contributed by atoms with Crippen LogP contribution in [0, 0.1) is 0 Å². The first-order valence-electron chi connectivity index (χ1n) is 3.11. The lowest BCUT2D eigenvalue weighted by atomic mass is 10.3. The Labute approximate surface area is 69.6 Å². The molecular weight excluding hydrogens is 170 g/mol. The molecule has 2 atom stereocenters. The molecule has 2 N–H and O–H groups in total. The zero-order valence-corrected chi connectivity index (χ0v) is 7.25. The molecule has 0 aromatic rings. The van der Waals surface area contributed by atoms with Gasteiger partial charge in [0, 0.05) is 0 Å². The van der Waals surface area contributed by atoms with Crippen molar-refractivity contribution in [3.63, 3.8) is 0 Å². The molecule has 2 nitrogen and oxygen atoms in total. The van der Waals surface area contributed by atoms with E-state index in [1.165, 1.54) is 11.8 Å². The number of nitrogens with one attached hydrogen (secondary N) is 1. The second-order valence-electron chi connectivity index (χ2n) is 2.13. The van der Waals surface area contributed by atoms with Gasteiger partial charge in [0.1, 0.15) is 6.23 Å². The Kier molecular flexibility index (Phi) is 3.04. The van der Waals surface area contributed by atoms with Gasteiger partial charge in [0.05, 0.1) is 9.61 Å². The first-order chi connectivity index (χ1) is 4.74. The van der Waals surface area contributed by atoms with Crippen LogP contribution in [0.3, 0.4) is 0 Å². The average Bonchev–Trinajstić information content (AvgIpc) is 2.34. The quantitative estimate of drug-likeness (QED) is 0.623. The van der Waals surface area contributed by atoms with Crippen LogP contribution in [0.1, 0.15) is 6.42 Å². The van der Waals surface area contributed by atoms with Gasteiger partial charge in [-0.1, -0.05) is 17.7 Å². The van der Waals surface area contributed by atoms with Crippen LogP contribution < -0.4 is 5.32 Å². The Bertz CT molecular complexity index is 151. The van der Waals surface area contributed by atoms with E-state index in [0.717, 1.165) is 10.8 Å². The van der Waals surface area contributed by atoms with Crippen molar-refractivity contribution in [2.45, 2.75) is 17.9 Å². The molecule has 0 radical (unpaired) electrons. The number of thioether (sulfide) groups is 1. The Morgan fingerprint density at radius 2 is 2.70 bits per heavy atom. The molecule has 10 heavy (non-hydrogen) atoms. The van der Waals surface area contributed by atoms with Gasteiger partial charge in [-0.05, 0) is 13.5 Å². The second kappa shape index (κ2) is 3.62. The molecule has 1 aliphatic heterocycles. The normalized spacial score (nSPS) is 28.3. The highest BCUT2D eigenvalue weighted by molar-refractivity contribution is 8.05. The molecule has 0 saturated carbocycles. The molecule has 0 fully saturated rings. The zero-order valence-electron chi connectivity index (χ0n) is 5.67. The van der Waals surface area contributed by atoms with E-state index in [9.17, 15) is 5.11 Å². The second-order valence-corrected chi connectivity index (χ2v) is 4.05. The fourth-order valence-corrected chi connectivity index (χ4v) is 2.20. The molecule has 0 aromatic carbocycles. The molecule has 1 aliphatic rings. The third-order valence-electron chi connectivity index (χ3n) is 1.42. The number of allylic oxidation sites excluding steroid dienone is 1. The van der Waals surface area contributed by atoms with E-state index in [4.69, 9.17) is 11.6 Å². The minimum atomic E-state index is -0.447. The molecule has 0 saturated heterocycles. The lowest BCUT2D eigenvalue weighted by Gasteiger charge is -2.15. The average molecular weight is 180 g/mol. The Morgan fingerprint density at radius 1 is 2.00 bits per heavy atom. The van der Waals surface area contributed by atoms with Crippen molar-refractivity contribution >= 4 is 23.4 Å². The maximum atomic E-state index is 9.25. The summed E-state index contributed by atoms with van der Waals surface area (Å²) in [5, 5.41) is 12.2. The van der Waals surface area contributed by atoms with Crippen LogP contribution in [0.2, 0.25) is 0 Å². The SMILES string of the molecule is CNC(O)C1CC=C(Cl)S1. The molecular formula is C6H10ClNOS. The van der Waals surface area contributed by atoms with Crippen molar-refractivity contribution in [3.05, 3.63) is 10.4 Å². The van der Waals surface area contributed by atoms with Crippen molar-refractivity contribution in [3.8, 4) is 0 Å². The molecule has 4 heteroatoms. The van der Waals surface area contributed by atoms with Crippen LogP contribution in [0.25, 0.3) is 0 Å². The van der Waals surface area contributed by atoms with E-state index >= 15 is 0 Å². The van der Waals surface area contributed by atoms with E-state index in [1.807, 2.05) is 6.08 Å². The van der Waals surface area contributed by atoms with E-state index in [-0.39, 0.29) is 5.25 Å². The van der Waals surface area contributed by atoms with Crippen molar-refractivity contribution in [1.82, 2.24) is 5.32 Å². The minimum absolute atomic E-state index is 0.192. The maximum Gasteiger partial charge on any atom is 0.117 e. The van der Waals surface area contributed by atoms with Crippen LogP contribution in [-0.2, 0) is 0 Å². The van der Waals surface area contributed by atoms with Gasteiger partial charge >= 0.3 is 0 Å². The van der Waals surface area contributed by atoms with Crippen molar-refractivity contribution < 1.29 is 5.11 Å². The highest BCUT2D eigenvalue weighted by atomic mass is 35.5. The summed E-state index contributed by atoms with van der Waals surface area (Å²) in [5.41, 5.74) is 0. The molecule has 2 unspecified atom stereocenters. The number of aliphatic hydroxyl groups excluding tert-OH is 1. The summed E-state index contributed by atoms with van der Waals surface area (Å²) in [6.07, 6.45) is 2.33. The Balaban J connectivity index is 2.34. The molecule has 58 valence electrons.